The quantitative estimate of drug-likeness (QED) is 0.242. The Hall–Kier alpha value is -3.14. The summed E-state index contributed by atoms with van der Waals surface area (Å²) in [5.74, 6) is 0.313. The van der Waals surface area contributed by atoms with E-state index >= 15 is 0 Å². The molecule has 174 valence electrons. The number of benzene rings is 2. The van der Waals surface area contributed by atoms with Gasteiger partial charge >= 0.3 is 5.97 Å². The zero-order chi connectivity index (χ0) is 23.1. The summed E-state index contributed by atoms with van der Waals surface area (Å²) in [5.41, 5.74) is 3.63. The summed E-state index contributed by atoms with van der Waals surface area (Å²) in [7, 11) is 0. The van der Waals surface area contributed by atoms with Crippen LogP contribution >= 0.6 is 0 Å². The fourth-order valence-electron chi connectivity index (χ4n) is 4.14. The Balaban J connectivity index is 1.44. The van der Waals surface area contributed by atoms with Crippen LogP contribution in [0.5, 0.6) is 0 Å². The van der Waals surface area contributed by atoms with Crippen molar-refractivity contribution in [1.29, 1.82) is 0 Å². The molecule has 0 saturated heterocycles. The average Bonchev–Trinajstić information content (AvgIpc) is 2.86. The van der Waals surface area contributed by atoms with Crippen LogP contribution < -0.4 is 4.90 Å². The molecule has 0 fully saturated rings. The van der Waals surface area contributed by atoms with E-state index in [0.29, 0.717) is 6.42 Å². The molecule has 0 radical (unpaired) electrons. The van der Waals surface area contributed by atoms with Crippen LogP contribution in [0.25, 0.3) is 11.1 Å². The van der Waals surface area contributed by atoms with Crippen LogP contribution in [0, 0.1) is 0 Å². The van der Waals surface area contributed by atoms with Gasteiger partial charge in [-0.15, -0.1) is 0 Å². The summed E-state index contributed by atoms with van der Waals surface area (Å²) in [4.78, 5) is 17.4. The van der Waals surface area contributed by atoms with Crippen molar-refractivity contribution in [3.63, 3.8) is 0 Å². The Morgan fingerprint density at radius 1 is 0.667 bits per heavy atom. The highest BCUT2D eigenvalue weighted by molar-refractivity contribution is 5.68. The van der Waals surface area contributed by atoms with E-state index in [1.54, 1.807) is 0 Å². The van der Waals surface area contributed by atoms with E-state index < -0.39 is 5.97 Å². The fraction of sp³-hybridized carbons (Fsp3) is 0.379. The molecule has 1 aromatic heterocycles. The molecular formula is C29H36N2O2. The number of carbonyl (C=O) groups is 1. The highest BCUT2D eigenvalue weighted by Gasteiger charge is 2.10. The zero-order valence-corrected chi connectivity index (χ0v) is 19.5. The van der Waals surface area contributed by atoms with Crippen molar-refractivity contribution in [1.82, 2.24) is 4.98 Å². The SMILES string of the molecule is O=C(O)CCCCCCCCCCCN(c1ccc(-c2ccccc2)cc1)c1ccccn1. The Morgan fingerprint density at radius 3 is 1.85 bits per heavy atom. The predicted molar refractivity (Wildman–Crippen MR) is 137 cm³/mol. The summed E-state index contributed by atoms with van der Waals surface area (Å²) < 4.78 is 0. The van der Waals surface area contributed by atoms with Gasteiger partial charge in [-0.05, 0) is 48.2 Å². The third-order valence-corrected chi connectivity index (χ3v) is 5.98. The molecule has 0 saturated carbocycles. The highest BCUT2D eigenvalue weighted by atomic mass is 16.4. The second-order valence-electron chi connectivity index (χ2n) is 8.58. The van der Waals surface area contributed by atoms with E-state index in [1.165, 1.54) is 48.9 Å². The number of unbranched alkanes of at least 4 members (excludes halogenated alkanes) is 8. The monoisotopic (exact) mass is 444 g/mol. The third kappa shape index (κ3) is 8.72. The standard InChI is InChI=1S/C29H36N2O2/c32-29(33)18-11-6-4-2-1-3-5-7-14-24-31(28-17-12-13-23-30-28)27-21-19-26(20-22-27)25-15-9-8-10-16-25/h8-10,12-13,15-17,19-23H,1-7,11,14,18,24H2,(H,32,33). The summed E-state index contributed by atoms with van der Waals surface area (Å²) in [5, 5.41) is 8.67. The number of nitrogens with zero attached hydrogens (tertiary/aromatic N) is 2. The van der Waals surface area contributed by atoms with E-state index in [0.717, 1.165) is 38.0 Å². The first-order chi connectivity index (χ1) is 16.2. The minimum Gasteiger partial charge on any atom is -0.481 e. The van der Waals surface area contributed by atoms with E-state index in [2.05, 4.69) is 64.5 Å². The zero-order valence-electron chi connectivity index (χ0n) is 19.5. The summed E-state index contributed by atoms with van der Waals surface area (Å²) in [6, 6.07) is 25.3. The molecule has 0 bridgehead atoms. The van der Waals surface area contributed by atoms with Gasteiger partial charge in [-0.1, -0.05) is 93.5 Å². The van der Waals surface area contributed by atoms with Gasteiger partial charge in [0.1, 0.15) is 5.82 Å². The number of aliphatic carboxylic acids is 1. The summed E-state index contributed by atoms with van der Waals surface area (Å²) >= 11 is 0. The first-order valence-corrected chi connectivity index (χ1v) is 12.3. The van der Waals surface area contributed by atoms with Crippen molar-refractivity contribution in [2.75, 3.05) is 11.4 Å². The Labute approximate surface area is 198 Å². The van der Waals surface area contributed by atoms with E-state index in [9.17, 15) is 4.79 Å². The number of hydrogen-bond acceptors (Lipinski definition) is 3. The van der Waals surface area contributed by atoms with Crippen LogP contribution in [-0.4, -0.2) is 22.6 Å². The lowest BCUT2D eigenvalue weighted by Crippen LogP contribution is -2.19. The maximum absolute atomic E-state index is 10.5. The lowest BCUT2D eigenvalue weighted by molar-refractivity contribution is -0.137. The van der Waals surface area contributed by atoms with Crippen LogP contribution in [0.15, 0.2) is 79.0 Å². The molecule has 0 aliphatic rings. The van der Waals surface area contributed by atoms with Gasteiger partial charge in [0.2, 0.25) is 0 Å². The van der Waals surface area contributed by atoms with Gasteiger partial charge in [0.15, 0.2) is 0 Å². The van der Waals surface area contributed by atoms with Crippen molar-refractivity contribution in [2.45, 2.75) is 64.2 Å². The van der Waals surface area contributed by atoms with E-state index in [1.807, 2.05) is 24.4 Å². The van der Waals surface area contributed by atoms with Crippen molar-refractivity contribution in [2.24, 2.45) is 0 Å². The minimum atomic E-state index is -0.679. The summed E-state index contributed by atoms with van der Waals surface area (Å²) in [6.45, 7) is 0.955. The van der Waals surface area contributed by atoms with Crippen molar-refractivity contribution >= 4 is 17.5 Å². The fourth-order valence-corrected chi connectivity index (χ4v) is 4.14. The molecule has 33 heavy (non-hydrogen) atoms. The average molecular weight is 445 g/mol. The van der Waals surface area contributed by atoms with E-state index in [4.69, 9.17) is 5.11 Å². The highest BCUT2D eigenvalue weighted by Crippen LogP contribution is 2.27. The lowest BCUT2D eigenvalue weighted by atomic mass is 10.0. The van der Waals surface area contributed by atoms with Gasteiger partial charge in [0, 0.05) is 24.8 Å². The van der Waals surface area contributed by atoms with Gasteiger partial charge in [-0.25, -0.2) is 4.98 Å². The second kappa shape index (κ2) is 14.1. The maximum atomic E-state index is 10.5. The largest absolute Gasteiger partial charge is 0.481 e. The number of carboxylic acids is 1. The van der Waals surface area contributed by atoms with Crippen molar-refractivity contribution in [3.05, 3.63) is 79.0 Å². The topological polar surface area (TPSA) is 53.4 Å². The van der Waals surface area contributed by atoms with Gasteiger partial charge in [0.05, 0.1) is 0 Å². The molecule has 0 aliphatic carbocycles. The number of hydrogen-bond donors (Lipinski definition) is 1. The molecule has 0 unspecified atom stereocenters. The van der Waals surface area contributed by atoms with Crippen LogP contribution in [0.3, 0.4) is 0 Å². The van der Waals surface area contributed by atoms with Crippen LogP contribution in [0.1, 0.15) is 64.2 Å². The number of carboxylic acid groups (broad SMARTS) is 1. The molecule has 0 amide bonds. The molecule has 4 heteroatoms. The van der Waals surface area contributed by atoms with Gasteiger partial charge < -0.3 is 10.0 Å². The maximum Gasteiger partial charge on any atom is 0.303 e. The molecule has 1 N–H and O–H groups in total. The number of anilines is 2. The van der Waals surface area contributed by atoms with Crippen LogP contribution in [-0.2, 0) is 4.79 Å². The predicted octanol–water partition coefficient (Wildman–Crippen LogP) is 7.87. The lowest BCUT2D eigenvalue weighted by Gasteiger charge is -2.24. The Bertz CT molecular complexity index is 927. The van der Waals surface area contributed by atoms with Gasteiger partial charge in [0.25, 0.3) is 0 Å². The molecular weight excluding hydrogens is 408 g/mol. The van der Waals surface area contributed by atoms with Crippen LogP contribution in [0.2, 0.25) is 0 Å². The number of rotatable bonds is 15. The smallest absolute Gasteiger partial charge is 0.303 e. The summed E-state index contributed by atoms with van der Waals surface area (Å²) in [6.07, 6.45) is 12.5. The minimum absolute atomic E-state index is 0.307. The molecule has 0 atom stereocenters. The van der Waals surface area contributed by atoms with Crippen LogP contribution in [0.4, 0.5) is 11.5 Å². The van der Waals surface area contributed by atoms with Crippen molar-refractivity contribution in [3.8, 4) is 11.1 Å². The molecule has 1 heterocycles. The van der Waals surface area contributed by atoms with Gasteiger partial charge in [-0.2, -0.15) is 0 Å². The van der Waals surface area contributed by atoms with E-state index in [-0.39, 0.29) is 0 Å². The Morgan fingerprint density at radius 2 is 1.24 bits per heavy atom. The molecule has 0 spiro atoms. The number of aromatic nitrogens is 1. The molecule has 3 rings (SSSR count). The molecule has 2 aromatic carbocycles. The third-order valence-electron chi connectivity index (χ3n) is 5.98. The first kappa shape index (κ1) is 24.5. The normalized spacial score (nSPS) is 10.8. The molecule has 3 aromatic rings. The molecule has 4 nitrogen and oxygen atoms in total. The van der Waals surface area contributed by atoms with Crippen molar-refractivity contribution < 1.29 is 9.90 Å². The number of pyridine rings is 1. The van der Waals surface area contributed by atoms with Gasteiger partial charge in [-0.3, -0.25) is 4.79 Å². The second-order valence-corrected chi connectivity index (χ2v) is 8.58. The molecule has 0 aliphatic heterocycles. The Kier molecular flexibility index (Phi) is 10.5. The first-order valence-electron chi connectivity index (χ1n) is 12.3.